The summed E-state index contributed by atoms with van der Waals surface area (Å²) >= 11 is 4.91. The molecule has 7 heteroatoms. The fourth-order valence-corrected chi connectivity index (χ4v) is 4.61. The van der Waals surface area contributed by atoms with E-state index in [-0.39, 0.29) is 0 Å². The third-order valence-electron chi connectivity index (χ3n) is 3.31. The minimum atomic E-state index is 0.700. The number of nitrogens with zero attached hydrogens (tertiary/aromatic N) is 3. The molecule has 0 aliphatic heterocycles. The molecule has 0 bridgehead atoms. The lowest BCUT2D eigenvalue weighted by Gasteiger charge is -1.99. The zero-order valence-electron chi connectivity index (χ0n) is 13.4. The highest BCUT2D eigenvalue weighted by molar-refractivity contribution is 8.00. The van der Waals surface area contributed by atoms with E-state index in [9.17, 15) is 0 Å². The summed E-state index contributed by atoms with van der Waals surface area (Å²) in [4.78, 5) is 4.73. The van der Waals surface area contributed by atoms with Crippen molar-refractivity contribution < 1.29 is 0 Å². The van der Waals surface area contributed by atoms with E-state index < -0.39 is 0 Å². The lowest BCUT2D eigenvalue weighted by Crippen LogP contribution is -1.96. The van der Waals surface area contributed by atoms with Gasteiger partial charge in [0.05, 0.1) is 5.69 Å². The van der Waals surface area contributed by atoms with Crippen LogP contribution in [0.1, 0.15) is 18.2 Å². The number of aryl methyl sites for hydroxylation is 1. The molecule has 0 saturated carbocycles. The van der Waals surface area contributed by atoms with Crippen LogP contribution >= 0.6 is 34.4 Å². The Balaban J connectivity index is 1.59. The minimum absolute atomic E-state index is 0.700. The number of nitrogens with one attached hydrogen (secondary N) is 1. The molecule has 0 aliphatic carbocycles. The minimum Gasteiger partial charge on any atom is -0.357 e. The van der Waals surface area contributed by atoms with Gasteiger partial charge in [0.1, 0.15) is 5.01 Å². The third-order valence-corrected chi connectivity index (χ3v) is 6.30. The molecule has 2 heterocycles. The van der Waals surface area contributed by atoms with Crippen molar-refractivity contribution >= 4 is 39.6 Å². The molecule has 24 heavy (non-hydrogen) atoms. The van der Waals surface area contributed by atoms with Gasteiger partial charge in [0.15, 0.2) is 4.34 Å². The summed E-state index contributed by atoms with van der Waals surface area (Å²) in [5.41, 5.74) is 3.61. The molecular formula is C17H18N4S3. The lowest BCUT2D eigenvalue weighted by molar-refractivity contribution is 1.01. The predicted octanol–water partition coefficient (Wildman–Crippen LogP) is 5.11. The number of hydrogen-bond donors (Lipinski definition) is 1. The highest BCUT2D eigenvalue weighted by Gasteiger charge is 2.08. The van der Waals surface area contributed by atoms with Gasteiger partial charge in [0, 0.05) is 23.2 Å². The van der Waals surface area contributed by atoms with Crippen molar-refractivity contribution in [1.82, 2.24) is 15.2 Å². The number of hydrogen-bond acceptors (Lipinski definition) is 7. The Morgan fingerprint density at radius 2 is 2.08 bits per heavy atom. The van der Waals surface area contributed by atoms with Gasteiger partial charge in [-0.25, -0.2) is 4.98 Å². The molecule has 0 aliphatic rings. The van der Waals surface area contributed by atoms with Crippen molar-refractivity contribution in [2.24, 2.45) is 0 Å². The van der Waals surface area contributed by atoms with Gasteiger partial charge < -0.3 is 5.32 Å². The van der Waals surface area contributed by atoms with Crippen LogP contribution in [0.2, 0.25) is 0 Å². The number of aromatic nitrogens is 3. The van der Waals surface area contributed by atoms with Crippen LogP contribution in [0, 0.1) is 0 Å². The van der Waals surface area contributed by atoms with Crippen LogP contribution in [-0.4, -0.2) is 21.7 Å². The maximum atomic E-state index is 4.73. The van der Waals surface area contributed by atoms with Gasteiger partial charge in [-0.15, -0.1) is 28.1 Å². The van der Waals surface area contributed by atoms with Crippen LogP contribution in [0.5, 0.6) is 0 Å². The highest BCUT2D eigenvalue weighted by atomic mass is 32.2. The first-order chi connectivity index (χ1) is 11.8. The van der Waals surface area contributed by atoms with Crippen molar-refractivity contribution in [1.29, 1.82) is 0 Å². The van der Waals surface area contributed by atoms with Gasteiger partial charge in [-0.2, -0.15) is 0 Å². The van der Waals surface area contributed by atoms with Crippen LogP contribution in [0.4, 0.5) is 5.13 Å². The second-order valence-corrected chi connectivity index (χ2v) is 8.08. The Hall–Kier alpha value is -1.70. The van der Waals surface area contributed by atoms with E-state index in [4.69, 9.17) is 4.98 Å². The largest absolute Gasteiger partial charge is 0.357 e. The van der Waals surface area contributed by atoms with Gasteiger partial charge in [-0.05, 0) is 12.0 Å². The van der Waals surface area contributed by atoms with E-state index in [0.717, 1.165) is 32.3 Å². The number of thiazole rings is 1. The first-order valence-corrected chi connectivity index (χ1v) is 10.3. The van der Waals surface area contributed by atoms with Crippen LogP contribution in [0.25, 0.3) is 10.6 Å². The van der Waals surface area contributed by atoms with Crippen molar-refractivity contribution in [3.63, 3.8) is 0 Å². The van der Waals surface area contributed by atoms with Gasteiger partial charge >= 0.3 is 0 Å². The monoisotopic (exact) mass is 374 g/mol. The zero-order valence-corrected chi connectivity index (χ0v) is 15.8. The topological polar surface area (TPSA) is 50.7 Å². The predicted molar refractivity (Wildman–Crippen MR) is 105 cm³/mol. The second-order valence-electron chi connectivity index (χ2n) is 5.03. The first kappa shape index (κ1) is 17.1. The molecule has 0 spiro atoms. The van der Waals surface area contributed by atoms with Crippen LogP contribution in [-0.2, 0) is 12.2 Å². The fraction of sp³-hybridized carbons (Fsp3) is 0.235. The number of anilines is 1. The highest BCUT2D eigenvalue weighted by Crippen LogP contribution is 2.30. The molecule has 3 aromatic rings. The summed E-state index contributed by atoms with van der Waals surface area (Å²) in [7, 11) is 0. The van der Waals surface area contributed by atoms with E-state index in [2.05, 4.69) is 58.7 Å². The molecule has 124 valence electrons. The van der Waals surface area contributed by atoms with Crippen molar-refractivity contribution in [2.75, 3.05) is 11.9 Å². The van der Waals surface area contributed by atoms with Crippen LogP contribution in [0.15, 0.2) is 46.6 Å². The smallest absolute Gasteiger partial charge is 0.206 e. The Kier molecular flexibility index (Phi) is 6.01. The Morgan fingerprint density at radius 1 is 1.25 bits per heavy atom. The van der Waals surface area contributed by atoms with Gasteiger partial charge in [0.25, 0.3) is 0 Å². The summed E-state index contributed by atoms with van der Waals surface area (Å²) in [6.07, 6.45) is 2.86. The van der Waals surface area contributed by atoms with Crippen LogP contribution < -0.4 is 5.32 Å². The summed E-state index contributed by atoms with van der Waals surface area (Å²) in [5, 5.41) is 15.4. The summed E-state index contributed by atoms with van der Waals surface area (Å²) < 4.78 is 0.948. The van der Waals surface area contributed by atoms with Crippen molar-refractivity contribution in [2.45, 2.75) is 23.4 Å². The Morgan fingerprint density at radius 3 is 2.83 bits per heavy atom. The van der Waals surface area contributed by atoms with E-state index in [1.807, 2.05) is 0 Å². The molecule has 0 fully saturated rings. The van der Waals surface area contributed by atoms with Crippen LogP contribution in [0.3, 0.4) is 0 Å². The molecule has 0 amide bonds. The lowest BCUT2D eigenvalue weighted by atomic mass is 10.1. The molecule has 0 atom stereocenters. The molecule has 0 radical (unpaired) electrons. The van der Waals surface area contributed by atoms with E-state index in [0.29, 0.717) is 6.54 Å². The van der Waals surface area contributed by atoms with Gasteiger partial charge in [0.2, 0.25) is 5.13 Å². The fourth-order valence-electron chi connectivity index (χ4n) is 2.02. The second kappa shape index (κ2) is 8.41. The standard InChI is InChI=1S/C17H18N4S3/c1-3-9-18-16-20-21-17(24-16)23-11-14-10-22-15(19-14)13-7-5-12(4-2)6-8-13/h3,5-8,10H,1,4,9,11H2,2H3,(H,18,20). The molecule has 3 rings (SSSR count). The zero-order chi connectivity index (χ0) is 16.8. The van der Waals surface area contributed by atoms with E-state index in [1.165, 1.54) is 11.1 Å². The van der Waals surface area contributed by atoms with E-state index >= 15 is 0 Å². The molecule has 0 unspecified atom stereocenters. The van der Waals surface area contributed by atoms with Crippen molar-refractivity contribution in [3.8, 4) is 10.6 Å². The molecule has 1 N–H and O–H groups in total. The van der Waals surface area contributed by atoms with Crippen molar-refractivity contribution in [3.05, 3.63) is 53.6 Å². The number of rotatable bonds is 8. The SMILES string of the molecule is C=CCNc1nnc(SCc2csc(-c3ccc(CC)cc3)n2)s1. The number of benzene rings is 1. The third kappa shape index (κ3) is 4.43. The first-order valence-electron chi connectivity index (χ1n) is 7.63. The average molecular weight is 375 g/mol. The Labute approximate surface area is 154 Å². The number of thioether (sulfide) groups is 1. The van der Waals surface area contributed by atoms with Gasteiger partial charge in [-0.3, -0.25) is 0 Å². The average Bonchev–Trinajstić information content (AvgIpc) is 3.27. The molecule has 2 aromatic heterocycles. The summed E-state index contributed by atoms with van der Waals surface area (Å²) in [5.74, 6) is 0.805. The van der Waals surface area contributed by atoms with Gasteiger partial charge in [-0.1, -0.05) is 60.4 Å². The summed E-state index contributed by atoms with van der Waals surface area (Å²) in [6.45, 7) is 6.54. The maximum absolute atomic E-state index is 4.73. The summed E-state index contributed by atoms with van der Waals surface area (Å²) in [6, 6.07) is 8.64. The maximum Gasteiger partial charge on any atom is 0.206 e. The quantitative estimate of drug-likeness (QED) is 0.438. The molecule has 0 saturated heterocycles. The Bertz CT molecular complexity index is 792. The normalized spacial score (nSPS) is 10.7. The molecular weight excluding hydrogens is 356 g/mol. The molecule has 1 aromatic carbocycles. The van der Waals surface area contributed by atoms with E-state index in [1.54, 1.807) is 40.5 Å². The molecule has 4 nitrogen and oxygen atoms in total.